The molecule has 0 bridgehead atoms. The summed E-state index contributed by atoms with van der Waals surface area (Å²) in [6, 6.07) is 15.5. The number of methoxy groups -OCH3 is 2. The molecular formula is C21H28NO5Se+. The van der Waals surface area contributed by atoms with E-state index in [4.69, 9.17) is 9.47 Å². The molecule has 0 aliphatic carbocycles. The number of ether oxygens (including phenoxy) is 2. The second-order valence-corrected chi connectivity index (χ2v) is 11.9. The van der Waals surface area contributed by atoms with Crippen LogP contribution in [0, 0.1) is 0 Å². The SMILES string of the molecule is COC(=O)C(CC[Se](=O)(=O)c1ccccc1)(c1ccc(OC)cc1)[N+](C)(C)C. The maximum atomic E-state index is 13.0. The Morgan fingerprint density at radius 2 is 1.54 bits per heavy atom. The van der Waals surface area contributed by atoms with Crippen molar-refractivity contribution < 1.29 is 26.4 Å². The summed E-state index contributed by atoms with van der Waals surface area (Å²) in [7, 11) is 8.49. The molecule has 0 aliphatic heterocycles. The van der Waals surface area contributed by atoms with Crippen LogP contribution in [0.3, 0.4) is 0 Å². The molecule has 0 aliphatic rings. The van der Waals surface area contributed by atoms with E-state index in [-0.39, 0.29) is 16.2 Å². The third-order valence-corrected chi connectivity index (χ3v) is 8.70. The van der Waals surface area contributed by atoms with Crippen molar-refractivity contribution in [3.05, 3.63) is 60.2 Å². The summed E-state index contributed by atoms with van der Waals surface area (Å²) in [6.07, 6.45) is 0.109. The van der Waals surface area contributed by atoms with Crippen LogP contribution in [0.4, 0.5) is 0 Å². The van der Waals surface area contributed by atoms with Crippen molar-refractivity contribution in [1.29, 1.82) is 0 Å². The molecule has 0 spiro atoms. The number of likely N-dealkylation sites (N-methyl/N-ethyl adjacent to an activating group) is 1. The minimum absolute atomic E-state index is 0.109. The first-order valence-electron chi connectivity index (χ1n) is 8.91. The van der Waals surface area contributed by atoms with Gasteiger partial charge >= 0.3 is 168 Å². The fraction of sp³-hybridized carbons (Fsp3) is 0.381. The topological polar surface area (TPSA) is 69.7 Å². The normalized spacial score (nSPS) is 14.2. The van der Waals surface area contributed by atoms with Crippen molar-refractivity contribution in [2.75, 3.05) is 35.4 Å². The molecule has 2 rings (SSSR count). The van der Waals surface area contributed by atoms with Crippen LogP contribution >= 0.6 is 0 Å². The third-order valence-electron chi connectivity index (χ3n) is 5.07. The number of benzene rings is 2. The molecule has 0 radical (unpaired) electrons. The second-order valence-electron chi connectivity index (χ2n) is 7.47. The van der Waals surface area contributed by atoms with E-state index in [0.29, 0.717) is 15.8 Å². The van der Waals surface area contributed by atoms with Gasteiger partial charge in [-0.1, -0.05) is 0 Å². The number of carbonyl (C=O) groups excluding carboxylic acids is 1. The van der Waals surface area contributed by atoms with Crippen LogP contribution in [0.2, 0.25) is 5.32 Å². The Labute approximate surface area is 168 Å². The minimum atomic E-state index is -4.43. The predicted octanol–water partition coefficient (Wildman–Crippen LogP) is 2.37. The zero-order valence-corrected chi connectivity index (χ0v) is 18.7. The standard InChI is InChI=1S/C21H28NO5Se/c1-22(2,3)21(20(23)27-5,17-11-13-18(26-4)14-12-17)15-16-28(24,25)19-9-7-6-8-10-19/h6-14H,15-16H2,1-5H3/q+1. The first-order valence-corrected chi connectivity index (χ1v) is 12.4. The van der Waals surface area contributed by atoms with Gasteiger partial charge in [-0.3, -0.25) is 0 Å². The number of esters is 1. The summed E-state index contributed by atoms with van der Waals surface area (Å²) in [5.41, 5.74) is -0.485. The summed E-state index contributed by atoms with van der Waals surface area (Å²) in [5, 5.41) is -0.114. The van der Waals surface area contributed by atoms with Crippen molar-refractivity contribution in [2.45, 2.75) is 17.3 Å². The molecule has 1 atom stereocenters. The molecule has 0 saturated heterocycles. The summed E-state index contributed by atoms with van der Waals surface area (Å²) >= 11 is -4.43. The first kappa shape index (κ1) is 22.1. The van der Waals surface area contributed by atoms with Gasteiger partial charge in [0.05, 0.1) is 0 Å². The van der Waals surface area contributed by atoms with E-state index in [1.807, 2.05) is 21.1 Å². The van der Waals surface area contributed by atoms with Crippen molar-refractivity contribution in [2.24, 2.45) is 0 Å². The average molecular weight is 453 g/mol. The third kappa shape index (κ3) is 4.27. The maximum absolute atomic E-state index is 13.0. The van der Waals surface area contributed by atoms with Gasteiger partial charge < -0.3 is 0 Å². The fourth-order valence-corrected chi connectivity index (χ4v) is 6.30. The Kier molecular flexibility index (Phi) is 6.65. The molecule has 0 heterocycles. The summed E-state index contributed by atoms with van der Waals surface area (Å²) in [5.74, 6) is 0.191. The molecule has 7 heteroatoms. The van der Waals surface area contributed by atoms with E-state index in [9.17, 15) is 12.5 Å². The molecular weight excluding hydrogens is 425 g/mol. The Hall–Kier alpha value is -2.21. The zero-order chi connectivity index (χ0) is 21.0. The molecule has 0 saturated carbocycles. The zero-order valence-electron chi connectivity index (χ0n) is 17.0. The van der Waals surface area contributed by atoms with Gasteiger partial charge in [0.1, 0.15) is 0 Å². The van der Waals surface area contributed by atoms with Crippen molar-refractivity contribution >= 4 is 23.1 Å². The molecule has 152 valence electrons. The molecule has 0 aromatic heterocycles. The number of nitrogens with zero attached hydrogens (tertiary/aromatic N) is 1. The van der Waals surface area contributed by atoms with Crippen LogP contribution in [0.25, 0.3) is 0 Å². The molecule has 0 amide bonds. The van der Waals surface area contributed by atoms with Gasteiger partial charge in [0, 0.05) is 0 Å². The number of quaternary nitrogens is 1. The molecule has 28 heavy (non-hydrogen) atoms. The number of hydrogen-bond acceptors (Lipinski definition) is 5. The van der Waals surface area contributed by atoms with E-state index >= 15 is 0 Å². The van der Waals surface area contributed by atoms with E-state index in [0.717, 1.165) is 0 Å². The molecule has 2 aromatic rings. The van der Waals surface area contributed by atoms with Gasteiger partial charge in [-0.25, -0.2) is 0 Å². The van der Waals surface area contributed by atoms with Gasteiger partial charge in [0.15, 0.2) is 0 Å². The molecule has 1 unspecified atom stereocenters. The van der Waals surface area contributed by atoms with E-state index in [2.05, 4.69) is 0 Å². The number of rotatable bonds is 8. The average Bonchev–Trinajstić information content (AvgIpc) is 2.68. The van der Waals surface area contributed by atoms with E-state index < -0.39 is 24.2 Å². The second kappa shape index (κ2) is 8.43. The van der Waals surface area contributed by atoms with Crippen LogP contribution in [0.1, 0.15) is 12.0 Å². The van der Waals surface area contributed by atoms with Crippen LogP contribution in [-0.4, -0.2) is 58.5 Å². The van der Waals surface area contributed by atoms with Gasteiger partial charge in [-0.15, -0.1) is 0 Å². The summed E-state index contributed by atoms with van der Waals surface area (Å²) in [6.45, 7) is 0. The van der Waals surface area contributed by atoms with Crippen LogP contribution in [-0.2, 0) is 22.7 Å². The molecule has 6 nitrogen and oxygen atoms in total. The molecule has 0 N–H and O–H groups in total. The van der Waals surface area contributed by atoms with Crippen molar-refractivity contribution in [3.63, 3.8) is 0 Å². The van der Waals surface area contributed by atoms with Crippen LogP contribution in [0.15, 0.2) is 54.6 Å². The summed E-state index contributed by atoms with van der Waals surface area (Å²) in [4.78, 5) is 13.0. The van der Waals surface area contributed by atoms with Crippen LogP contribution in [0.5, 0.6) is 5.75 Å². The molecule has 0 fully saturated rings. The molecule has 2 aromatic carbocycles. The monoisotopic (exact) mass is 454 g/mol. The first-order chi connectivity index (χ1) is 13.1. The number of carbonyl (C=O) groups is 1. The Morgan fingerprint density at radius 1 is 0.964 bits per heavy atom. The predicted molar refractivity (Wildman–Crippen MR) is 107 cm³/mol. The van der Waals surface area contributed by atoms with E-state index in [1.54, 1.807) is 61.7 Å². The summed E-state index contributed by atoms with van der Waals surface area (Å²) < 4.78 is 36.8. The Balaban J connectivity index is 2.53. The van der Waals surface area contributed by atoms with Crippen molar-refractivity contribution in [1.82, 2.24) is 0 Å². The number of hydrogen-bond donors (Lipinski definition) is 0. The van der Waals surface area contributed by atoms with E-state index in [1.165, 1.54) is 7.11 Å². The van der Waals surface area contributed by atoms with Gasteiger partial charge in [0.25, 0.3) is 0 Å². The van der Waals surface area contributed by atoms with Gasteiger partial charge in [-0.05, 0) is 0 Å². The Bertz CT molecular complexity index is 902. The Morgan fingerprint density at radius 3 is 2.00 bits per heavy atom. The van der Waals surface area contributed by atoms with Crippen molar-refractivity contribution in [3.8, 4) is 5.75 Å². The fourth-order valence-electron chi connectivity index (χ4n) is 3.42. The van der Waals surface area contributed by atoms with Gasteiger partial charge in [-0.2, -0.15) is 0 Å². The van der Waals surface area contributed by atoms with Crippen LogP contribution < -0.4 is 9.20 Å². The quantitative estimate of drug-likeness (QED) is 0.349. The van der Waals surface area contributed by atoms with Gasteiger partial charge in [0.2, 0.25) is 0 Å².